The molecule has 1 fully saturated rings. The summed E-state index contributed by atoms with van der Waals surface area (Å²) in [5, 5.41) is 2.70. The molecule has 0 spiro atoms. The molecule has 4 nitrogen and oxygen atoms in total. The molecule has 0 saturated heterocycles. The van der Waals surface area contributed by atoms with Gasteiger partial charge in [0.2, 0.25) is 0 Å². The number of nitrogens with zero attached hydrogens (tertiary/aromatic N) is 2. The van der Waals surface area contributed by atoms with Crippen LogP contribution in [0.3, 0.4) is 0 Å². The van der Waals surface area contributed by atoms with Crippen LogP contribution in [0.2, 0.25) is 0 Å². The summed E-state index contributed by atoms with van der Waals surface area (Å²) in [6.45, 7) is 5.66. The molecule has 1 aliphatic carbocycles. The van der Waals surface area contributed by atoms with Crippen molar-refractivity contribution in [1.29, 1.82) is 0 Å². The van der Waals surface area contributed by atoms with E-state index in [0.29, 0.717) is 17.2 Å². The first-order valence-electron chi connectivity index (χ1n) is 5.51. The molecule has 1 saturated carbocycles. The minimum Gasteiger partial charge on any atom is -0.326 e. The van der Waals surface area contributed by atoms with Crippen LogP contribution in [0, 0.1) is 0 Å². The van der Waals surface area contributed by atoms with Crippen molar-refractivity contribution in [2.45, 2.75) is 32.1 Å². The molecule has 84 valence electrons. The summed E-state index contributed by atoms with van der Waals surface area (Å²) in [4.78, 5) is 20.0. The van der Waals surface area contributed by atoms with Gasteiger partial charge in [0, 0.05) is 24.0 Å². The van der Waals surface area contributed by atoms with E-state index < -0.39 is 0 Å². The molecule has 1 aliphatic rings. The molecule has 0 aromatic carbocycles. The molecular formula is C12H15N3O. The maximum Gasteiger partial charge on any atom is 0.258 e. The largest absolute Gasteiger partial charge is 0.326 e. The highest BCUT2D eigenvalue weighted by molar-refractivity contribution is 5.94. The van der Waals surface area contributed by atoms with Crippen LogP contribution in [0.4, 0.5) is 0 Å². The van der Waals surface area contributed by atoms with E-state index in [2.05, 4.69) is 21.9 Å². The highest BCUT2D eigenvalue weighted by Gasteiger charge is 2.26. The van der Waals surface area contributed by atoms with Gasteiger partial charge >= 0.3 is 0 Å². The van der Waals surface area contributed by atoms with Gasteiger partial charge in [-0.3, -0.25) is 4.79 Å². The predicted octanol–water partition coefficient (Wildman–Crippen LogP) is 2.01. The van der Waals surface area contributed by atoms with E-state index in [1.165, 1.54) is 0 Å². The number of amides is 1. The second kappa shape index (κ2) is 4.43. The summed E-state index contributed by atoms with van der Waals surface area (Å²) in [7, 11) is 0. The predicted molar refractivity (Wildman–Crippen MR) is 60.9 cm³/mol. The van der Waals surface area contributed by atoms with E-state index in [1.807, 2.05) is 6.92 Å². The average Bonchev–Trinajstić information content (AvgIpc) is 3.13. The van der Waals surface area contributed by atoms with Crippen LogP contribution in [0.15, 0.2) is 24.7 Å². The number of allylic oxidation sites excluding steroid dienone is 1. The van der Waals surface area contributed by atoms with Gasteiger partial charge in [0.05, 0.1) is 5.56 Å². The number of aromatic nitrogens is 2. The first-order chi connectivity index (χ1) is 7.70. The summed E-state index contributed by atoms with van der Waals surface area (Å²) >= 11 is 0. The Bertz CT molecular complexity index is 407. The molecule has 1 aromatic heterocycles. The number of hydrogen-bond acceptors (Lipinski definition) is 3. The van der Waals surface area contributed by atoms with Gasteiger partial charge in [0.25, 0.3) is 5.91 Å². The van der Waals surface area contributed by atoms with E-state index in [9.17, 15) is 4.79 Å². The fraction of sp³-hybridized carbons (Fsp3) is 0.417. The maximum absolute atomic E-state index is 11.7. The Morgan fingerprint density at radius 1 is 1.50 bits per heavy atom. The Balaban J connectivity index is 2.02. The molecule has 0 unspecified atom stereocenters. The first-order valence-corrected chi connectivity index (χ1v) is 5.51. The Morgan fingerprint density at radius 3 is 2.62 bits per heavy atom. The average molecular weight is 217 g/mol. The first kappa shape index (κ1) is 10.8. The molecule has 1 heterocycles. The van der Waals surface area contributed by atoms with Crippen molar-refractivity contribution in [3.05, 3.63) is 36.1 Å². The van der Waals surface area contributed by atoms with Crippen molar-refractivity contribution in [1.82, 2.24) is 15.3 Å². The van der Waals surface area contributed by atoms with Crippen LogP contribution in [0.25, 0.3) is 0 Å². The number of nitrogens with one attached hydrogen (secondary N) is 1. The lowest BCUT2D eigenvalue weighted by molar-refractivity contribution is 0.0964. The third-order valence-electron chi connectivity index (χ3n) is 2.59. The zero-order valence-corrected chi connectivity index (χ0v) is 9.36. The van der Waals surface area contributed by atoms with Crippen LogP contribution in [0.5, 0.6) is 0 Å². The summed E-state index contributed by atoms with van der Waals surface area (Å²) in [6.07, 6.45) is 6.22. The van der Waals surface area contributed by atoms with Gasteiger partial charge < -0.3 is 5.32 Å². The fourth-order valence-corrected chi connectivity index (χ4v) is 1.33. The Labute approximate surface area is 94.8 Å². The minimum atomic E-state index is -0.186. The Hall–Kier alpha value is -1.71. The summed E-state index contributed by atoms with van der Waals surface area (Å²) in [5.74, 6) is 1.18. The lowest BCUT2D eigenvalue weighted by Crippen LogP contribution is -2.22. The van der Waals surface area contributed by atoms with Crippen molar-refractivity contribution in [2.24, 2.45) is 0 Å². The van der Waals surface area contributed by atoms with Crippen LogP contribution in [-0.4, -0.2) is 15.9 Å². The van der Waals surface area contributed by atoms with Gasteiger partial charge in [-0.25, -0.2) is 9.97 Å². The molecule has 1 N–H and O–H groups in total. The van der Waals surface area contributed by atoms with Gasteiger partial charge in [-0.05, 0) is 19.3 Å². The molecule has 0 aliphatic heterocycles. The van der Waals surface area contributed by atoms with Crippen molar-refractivity contribution in [3.63, 3.8) is 0 Å². The van der Waals surface area contributed by atoms with Crippen LogP contribution < -0.4 is 5.32 Å². The molecule has 0 radical (unpaired) electrons. The van der Waals surface area contributed by atoms with Crippen molar-refractivity contribution in [3.8, 4) is 0 Å². The topological polar surface area (TPSA) is 54.9 Å². The highest BCUT2D eigenvalue weighted by Crippen LogP contribution is 2.37. The SMILES string of the molecule is C=C(CC)NC(=O)c1cnc(C2CC2)nc1. The Kier molecular flexibility index (Phi) is 2.99. The van der Waals surface area contributed by atoms with Crippen molar-refractivity contribution >= 4 is 5.91 Å². The molecule has 16 heavy (non-hydrogen) atoms. The smallest absolute Gasteiger partial charge is 0.258 e. The fourth-order valence-electron chi connectivity index (χ4n) is 1.33. The number of carbonyl (C=O) groups excluding carboxylic acids is 1. The van der Waals surface area contributed by atoms with E-state index in [-0.39, 0.29) is 5.91 Å². The van der Waals surface area contributed by atoms with Gasteiger partial charge in [0.15, 0.2) is 0 Å². The van der Waals surface area contributed by atoms with Crippen molar-refractivity contribution in [2.75, 3.05) is 0 Å². The summed E-state index contributed by atoms with van der Waals surface area (Å²) in [5.41, 5.74) is 1.19. The second-order valence-corrected chi connectivity index (χ2v) is 4.02. The number of hydrogen-bond donors (Lipinski definition) is 1. The second-order valence-electron chi connectivity index (χ2n) is 4.02. The number of carbonyl (C=O) groups is 1. The van der Waals surface area contributed by atoms with E-state index in [4.69, 9.17) is 0 Å². The summed E-state index contributed by atoms with van der Waals surface area (Å²) < 4.78 is 0. The van der Waals surface area contributed by atoms with E-state index >= 15 is 0 Å². The van der Waals surface area contributed by atoms with Crippen molar-refractivity contribution < 1.29 is 4.79 Å². The lowest BCUT2D eigenvalue weighted by atomic mass is 10.3. The molecular weight excluding hydrogens is 202 g/mol. The molecule has 4 heteroatoms. The van der Waals surface area contributed by atoms with E-state index in [0.717, 1.165) is 25.1 Å². The molecule has 1 aromatic rings. The number of rotatable bonds is 4. The Morgan fingerprint density at radius 2 is 2.12 bits per heavy atom. The van der Waals surface area contributed by atoms with Gasteiger partial charge in [-0.2, -0.15) is 0 Å². The van der Waals surface area contributed by atoms with Gasteiger partial charge in [-0.1, -0.05) is 13.5 Å². The monoisotopic (exact) mass is 217 g/mol. The van der Waals surface area contributed by atoms with Gasteiger partial charge in [0.1, 0.15) is 5.82 Å². The van der Waals surface area contributed by atoms with E-state index in [1.54, 1.807) is 12.4 Å². The van der Waals surface area contributed by atoms with Crippen LogP contribution in [0.1, 0.15) is 48.3 Å². The third-order valence-corrected chi connectivity index (χ3v) is 2.59. The van der Waals surface area contributed by atoms with Gasteiger partial charge in [-0.15, -0.1) is 0 Å². The molecule has 2 rings (SSSR count). The molecule has 1 amide bonds. The normalized spacial score (nSPS) is 14.6. The molecule has 0 bridgehead atoms. The van der Waals surface area contributed by atoms with Crippen LogP contribution in [-0.2, 0) is 0 Å². The lowest BCUT2D eigenvalue weighted by Gasteiger charge is -2.05. The zero-order chi connectivity index (χ0) is 11.5. The third kappa shape index (κ3) is 2.45. The van der Waals surface area contributed by atoms with Crippen LogP contribution >= 0.6 is 0 Å². The standard InChI is InChI=1S/C12H15N3O/c1-3-8(2)15-12(16)10-6-13-11(14-7-10)9-4-5-9/h6-7,9H,2-5H2,1H3,(H,15,16). The quantitative estimate of drug-likeness (QED) is 0.839. The maximum atomic E-state index is 11.7. The summed E-state index contributed by atoms with van der Waals surface area (Å²) in [6, 6.07) is 0. The minimum absolute atomic E-state index is 0.186. The zero-order valence-electron chi connectivity index (χ0n) is 9.36. The highest BCUT2D eigenvalue weighted by atomic mass is 16.1. The molecule has 0 atom stereocenters.